The van der Waals surface area contributed by atoms with Gasteiger partial charge in [0.05, 0.1) is 17.8 Å². The van der Waals surface area contributed by atoms with E-state index < -0.39 is 5.97 Å². The van der Waals surface area contributed by atoms with Crippen LogP contribution in [0.25, 0.3) is 0 Å². The molecule has 2 atom stereocenters. The number of amides is 1. The second kappa shape index (κ2) is 5.62. The van der Waals surface area contributed by atoms with Gasteiger partial charge in [-0.1, -0.05) is 6.42 Å². The minimum absolute atomic E-state index is 0.103. The van der Waals surface area contributed by atoms with Crippen LogP contribution in [0, 0.1) is 11.8 Å². The molecule has 18 heavy (non-hydrogen) atoms. The summed E-state index contributed by atoms with van der Waals surface area (Å²) in [7, 11) is 0. The Balaban J connectivity index is 1.95. The minimum Gasteiger partial charge on any atom is -0.481 e. The number of pyridine rings is 1. The van der Waals surface area contributed by atoms with Crippen LogP contribution in [-0.4, -0.2) is 22.0 Å². The van der Waals surface area contributed by atoms with Gasteiger partial charge in [-0.3, -0.25) is 14.6 Å². The molecular weight excluding hydrogens is 232 g/mol. The van der Waals surface area contributed by atoms with E-state index in [9.17, 15) is 9.59 Å². The van der Waals surface area contributed by atoms with E-state index in [2.05, 4.69) is 10.3 Å². The number of aromatic nitrogens is 1. The lowest BCUT2D eigenvalue weighted by Gasteiger charge is -2.25. The number of carboxylic acids is 1. The van der Waals surface area contributed by atoms with Crippen molar-refractivity contribution in [2.75, 3.05) is 5.32 Å². The molecule has 0 bridgehead atoms. The van der Waals surface area contributed by atoms with Gasteiger partial charge in [0.1, 0.15) is 0 Å². The summed E-state index contributed by atoms with van der Waals surface area (Å²) in [5, 5.41) is 11.8. The molecule has 5 nitrogen and oxygen atoms in total. The Morgan fingerprint density at radius 1 is 1.33 bits per heavy atom. The van der Waals surface area contributed by atoms with Gasteiger partial charge in [-0.15, -0.1) is 0 Å². The first-order chi connectivity index (χ1) is 8.66. The number of nitrogens with one attached hydrogen (secondary N) is 1. The van der Waals surface area contributed by atoms with Gasteiger partial charge in [0.2, 0.25) is 5.91 Å². The van der Waals surface area contributed by atoms with E-state index in [1.807, 2.05) is 0 Å². The molecule has 1 aliphatic carbocycles. The lowest BCUT2D eigenvalue weighted by atomic mass is 9.81. The molecule has 0 aromatic carbocycles. The third-order valence-electron chi connectivity index (χ3n) is 3.32. The summed E-state index contributed by atoms with van der Waals surface area (Å²) in [4.78, 5) is 26.9. The van der Waals surface area contributed by atoms with Crippen LogP contribution < -0.4 is 5.32 Å². The highest BCUT2D eigenvalue weighted by Crippen LogP contribution is 2.30. The summed E-state index contributed by atoms with van der Waals surface area (Å²) < 4.78 is 0. The lowest BCUT2D eigenvalue weighted by molar-refractivity contribution is -0.143. The molecule has 1 amide bonds. The Kier molecular flexibility index (Phi) is 3.92. The van der Waals surface area contributed by atoms with Crippen LogP contribution >= 0.6 is 0 Å². The summed E-state index contributed by atoms with van der Waals surface area (Å²) in [5.41, 5.74) is 0.653. The standard InChI is InChI=1S/C13H16N2O3/c16-12(15-11-5-2-6-14-8-11)9-3-1-4-10(7-9)13(17)18/h2,5-6,8-10H,1,3-4,7H2,(H,15,16)(H,17,18). The van der Waals surface area contributed by atoms with Crippen LogP contribution in [0.1, 0.15) is 25.7 Å². The molecule has 1 fully saturated rings. The van der Waals surface area contributed by atoms with Crippen molar-refractivity contribution in [1.82, 2.24) is 4.98 Å². The Labute approximate surface area is 105 Å². The van der Waals surface area contributed by atoms with Gasteiger partial charge in [0, 0.05) is 12.1 Å². The summed E-state index contributed by atoms with van der Waals surface area (Å²) in [6.07, 6.45) is 5.87. The van der Waals surface area contributed by atoms with Crippen molar-refractivity contribution in [3.63, 3.8) is 0 Å². The molecule has 1 heterocycles. The maximum Gasteiger partial charge on any atom is 0.306 e. The Morgan fingerprint density at radius 2 is 2.11 bits per heavy atom. The van der Waals surface area contributed by atoms with Gasteiger partial charge < -0.3 is 10.4 Å². The van der Waals surface area contributed by atoms with Crippen molar-refractivity contribution in [3.05, 3.63) is 24.5 Å². The fourth-order valence-electron chi connectivity index (χ4n) is 2.33. The molecule has 0 aliphatic heterocycles. The number of carboxylic acid groups (broad SMARTS) is 1. The first kappa shape index (κ1) is 12.5. The highest BCUT2D eigenvalue weighted by Gasteiger charge is 2.30. The van der Waals surface area contributed by atoms with Crippen molar-refractivity contribution in [3.8, 4) is 0 Å². The van der Waals surface area contributed by atoms with E-state index in [1.54, 1.807) is 24.5 Å². The summed E-state index contributed by atoms with van der Waals surface area (Å²) in [5.74, 6) is -1.49. The van der Waals surface area contributed by atoms with Gasteiger partial charge in [0.25, 0.3) is 0 Å². The number of carbonyl (C=O) groups is 2. The molecule has 1 saturated carbocycles. The van der Waals surface area contributed by atoms with Crippen molar-refractivity contribution in [2.45, 2.75) is 25.7 Å². The predicted octanol–water partition coefficient (Wildman–Crippen LogP) is 1.91. The highest BCUT2D eigenvalue weighted by atomic mass is 16.4. The van der Waals surface area contributed by atoms with Gasteiger partial charge in [0.15, 0.2) is 0 Å². The third-order valence-corrected chi connectivity index (χ3v) is 3.32. The molecule has 1 aliphatic rings. The van der Waals surface area contributed by atoms with Crippen LogP contribution in [0.4, 0.5) is 5.69 Å². The van der Waals surface area contributed by atoms with E-state index in [-0.39, 0.29) is 17.7 Å². The van der Waals surface area contributed by atoms with Crippen LogP contribution in [0.5, 0.6) is 0 Å². The molecule has 0 radical (unpaired) electrons. The van der Waals surface area contributed by atoms with Crippen molar-refractivity contribution in [1.29, 1.82) is 0 Å². The molecule has 0 spiro atoms. The molecule has 2 N–H and O–H groups in total. The van der Waals surface area contributed by atoms with E-state index in [0.717, 1.165) is 12.8 Å². The monoisotopic (exact) mass is 248 g/mol. The first-order valence-corrected chi connectivity index (χ1v) is 6.10. The smallest absolute Gasteiger partial charge is 0.306 e. The highest BCUT2D eigenvalue weighted by molar-refractivity contribution is 5.92. The van der Waals surface area contributed by atoms with Crippen LogP contribution in [0.2, 0.25) is 0 Å². The van der Waals surface area contributed by atoms with Crippen molar-refractivity contribution >= 4 is 17.6 Å². The Hall–Kier alpha value is -1.91. The Bertz CT molecular complexity index is 433. The van der Waals surface area contributed by atoms with Crippen LogP contribution in [-0.2, 0) is 9.59 Å². The van der Waals surface area contributed by atoms with E-state index in [0.29, 0.717) is 18.5 Å². The number of carbonyl (C=O) groups excluding carboxylic acids is 1. The molecule has 2 rings (SSSR count). The Morgan fingerprint density at radius 3 is 2.78 bits per heavy atom. The molecule has 0 saturated heterocycles. The normalized spacial score (nSPS) is 23.3. The summed E-state index contributed by atoms with van der Waals surface area (Å²) in [6, 6.07) is 3.51. The largest absolute Gasteiger partial charge is 0.481 e. The SMILES string of the molecule is O=C(O)C1CCCC(C(=O)Nc2cccnc2)C1. The maximum atomic E-state index is 12.0. The number of nitrogens with zero attached hydrogens (tertiary/aromatic N) is 1. The second-order valence-electron chi connectivity index (χ2n) is 4.63. The average Bonchev–Trinajstić information content (AvgIpc) is 2.40. The van der Waals surface area contributed by atoms with E-state index in [1.165, 1.54) is 0 Å². The summed E-state index contributed by atoms with van der Waals surface area (Å²) in [6.45, 7) is 0. The van der Waals surface area contributed by atoms with Gasteiger partial charge in [-0.25, -0.2) is 0 Å². The molecule has 96 valence electrons. The molecular formula is C13H16N2O3. The maximum absolute atomic E-state index is 12.0. The zero-order valence-electron chi connectivity index (χ0n) is 10.0. The fourth-order valence-corrected chi connectivity index (χ4v) is 2.33. The third kappa shape index (κ3) is 3.06. The fraction of sp³-hybridized carbons (Fsp3) is 0.462. The van der Waals surface area contributed by atoms with Gasteiger partial charge in [-0.2, -0.15) is 0 Å². The first-order valence-electron chi connectivity index (χ1n) is 6.10. The van der Waals surface area contributed by atoms with E-state index >= 15 is 0 Å². The van der Waals surface area contributed by atoms with Gasteiger partial charge in [-0.05, 0) is 31.4 Å². The number of hydrogen-bond donors (Lipinski definition) is 2. The van der Waals surface area contributed by atoms with Crippen molar-refractivity contribution in [2.24, 2.45) is 11.8 Å². The number of rotatable bonds is 3. The molecule has 1 aromatic rings. The minimum atomic E-state index is -0.797. The number of anilines is 1. The summed E-state index contributed by atoms with van der Waals surface area (Å²) >= 11 is 0. The van der Waals surface area contributed by atoms with Crippen LogP contribution in [0.15, 0.2) is 24.5 Å². The average molecular weight is 248 g/mol. The zero-order chi connectivity index (χ0) is 13.0. The molecule has 2 unspecified atom stereocenters. The number of aliphatic carboxylic acids is 1. The predicted molar refractivity (Wildman–Crippen MR) is 66.0 cm³/mol. The van der Waals surface area contributed by atoms with Crippen molar-refractivity contribution < 1.29 is 14.7 Å². The molecule has 1 aromatic heterocycles. The lowest BCUT2D eigenvalue weighted by Crippen LogP contribution is -2.30. The van der Waals surface area contributed by atoms with Crippen LogP contribution in [0.3, 0.4) is 0 Å². The zero-order valence-corrected chi connectivity index (χ0v) is 10.0. The number of hydrogen-bond acceptors (Lipinski definition) is 3. The quantitative estimate of drug-likeness (QED) is 0.856. The second-order valence-corrected chi connectivity index (χ2v) is 4.63. The molecule has 5 heteroatoms. The van der Waals surface area contributed by atoms with E-state index in [4.69, 9.17) is 5.11 Å². The van der Waals surface area contributed by atoms with Gasteiger partial charge >= 0.3 is 5.97 Å². The topological polar surface area (TPSA) is 79.3 Å².